The minimum absolute atomic E-state index is 0.367. The van der Waals surface area contributed by atoms with Crippen LogP contribution < -0.4 is 0 Å². The molecule has 0 fully saturated rings. The highest BCUT2D eigenvalue weighted by Gasteiger charge is 2.39. The molecule has 3 rings (SSSR count). The number of hydrogen-bond acceptors (Lipinski definition) is 4. The predicted molar refractivity (Wildman–Crippen MR) is 96.5 cm³/mol. The van der Waals surface area contributed by atoms with E-state index in [1.54, 1.807) is 14.2 Å². The Kier molecular flexibility index (Phi) is 5.37. The van der Waals surface area contributed by atoms with Crippen LogP contribution in [0.3, 0.4) is 0 Å². The summed E-state index contributed by atoms with van der Waals surface area (Å²) in [6.45, 7) is 0.367. The van der Waals surface area contributed by atoms with E-state index >= 15 is 0 Å². The van der Waals surface area contributed by atoms with Crippen molar-refractivity contribution in [3.8, 4) is 0 Å². The molecule has 0 bridgehead atoms. The van der Waals surface area contributed by atoms with Gasteiger partial charge >= 0.3 is 8.80 Å². The van der Waals surface area contributed by atoms with Crippen molar-refractivity contribution in [2.75, 3.05) is 14.2 Å². The standard InChI is InChI=1S/C19H21NO3Si/c1-21-24(22-2,15-16-8-4-3-5-9-16)23-14-19-12-17-10-6-7-11-18(17)13-20-19/h3-13H,14-15H2,1-2H3. The van der Waals surface area contributed by atoms with Crippen LogP contribution in [0.25, 0.3) is 10.8 Å². The molecular weight excluding hydrogens is 318 g/mol. The fraction of sp³-hybridized carbons (Fsp3) is 0.211. The lowest BCUT2D eigenvalue weighted by Crippen LogP contribution is -2.46. The molecule has 0 atom stereocenters. The van der Waals surface area contributed by atoms with Crippen molar-refractivity contribution in [2.24, 2.45) is 0 Å². The molecule has 0 aliphatic rings. The Balaban J connectivity index is 1.75. The molecule has 0 unspecified atom stereocenters. The Morgan fingerprint density at radius 3 is 2.25 bits per heavy atom. The van der Waals surface area contributed by atoms with Crippen LogP contribution in [0.4, 0.5) is 0 Å². The van der Waals surface area contributed by atoms with Crippen molar-refractivity contribution in [3.63, 3.8) is 0 Å². The van der Waals surface area contributed by atoms with Crippen LogP contribution in [0.1, 0.15) is 11.3 Å². The zero-order chi connectivity index (χ0) is 16.8. The lowest BCUT2D eigenvalue weighted by atomic mass is 10.1. The topological polar surface area (TPSA) is 40.6 Å². The number of benzene rings is 2. The van der Waals surface area contributed by atoms with Crippen molar-refractivity contribution in [1.29, 1.82) is 0 Å². The van der Waals surface area contributed by atoms with E-state index in [4.69, 9.17) is 13.3 Å². The molecule has 0 spiro atoms. The molecule has 0 aliphatic carbocycles. The number of aromatic nitrogens is 1. The van der Waals surface area contributed by atoms with Gasteiger partial charge in [-0.3, -0.25) is 4.98 Å². The summed E-state index contributed by atoms with van der Waals surface area (Å²) < 4.78 is 17.4. The Morgan fingerprint density at radius 1 is 0.875 bits per heavy atom. The molecule has 0 N–H and O–H groups in total. The highest BCUT2D eigenvalue weighted by Crippen LogP contribution is 2.19. The number of hydrogen-bond donors (Lipinski definition) is 0. The van der Waals surface area contributed by atoms with E-state index < -0.39 is 8.80 Å². The van der Waals surface area contributed by atoms with Crippen molar-refractivity contribution in [3.05, 3.63) is 78.1 Å². The van der Waals surface area contributed by atoms with Gasteiger partial charge in [0.15, 0.2) is 0 Å². The summed E-state index contributed by atoms with van der Waals surface area (Å²) in [5.74, 6) is 0. The fourth-order valence-corrected chi connectivity index (χ4v) is 4.53. The molecule has 1 aromatic heterocycles. The van der Waals surface area contributed by atoms with Crippen molar-refractivity contribution in [2.45, 2.75) is 12.7 Å². The monoisotopic (exact) mass is 339 g/mol. The van der Waals surface area contributed by atoms with E-state index in [-0.39, 0.29) is 0 Å². The third-order valence-electron chi connectivity index (χ3n) is 4.01. The van der Waals surface area contributed by atoms with Crippen molar-refractivity contribution < 1.29 is 13.3 Å². The summed E-state index contributed by atoms with van der Waals surface area (Å²) in [4.78, 5) is 4.47. The quantitative estimate of drug-likeness (QED) is 0.615. The average Bonchev–Trinajstić information content (AvgIpc) is 2.66. The highest BCUT2D eigenvalue weighted by molar-refractivity contribution is 6.60. The van der Waals surface area contributed by atoms with Crippen LogP contribution in [0.15, 0.2) is 66.9 Å². The van der Waals surface area contributed by atoms with Gasteiger partial charge in [-0.05, 0) is 17.0 Å². The zero-order valence-corrected chi connectivity index (χ0v) is 14.9. The fourth-order valence-electron chi connectivity index (χ4n) is 2.63. The second-order valence-corrected chi connectivity index (χ2v) is 8.39. The maximum Gasteiger partial charge on any atom is 0.505 e. The van der Waals surface area contributed by atoms with Gasteiger partial charge in [-0.25, -0.2) is 0 Å². The predicted octanol–water partition coefficient (Wildman–Crippen LogP) is 3.77. The molecule has 0 radical (unpaired) electrons. The van der Waals surface area contributed by atoms with Gasteiger partial charge in [0.25, 0.3) is 0 Å². The second-order valence-electron chi connectivity index (χ2n) is 5.57. The molecule has 24 heavy (non-hydrogen) atoms. The Morgan fingerprint density at radius 2 is 1.54 bits per heavy atom. The Labute approximate surface area is 143 Å². The molecule has 124 valence electrons. The molecule has 1 heterocycles. The van der Waals surface area contributed by atoms with E-state index in [0.29, 0.717) is 12.7 Å². The van der Waals surface area contributed by atoms with Crippen LogP contribution in [0, 0.1) is 0 Å². The van der Waals surface area contributed by atoms with Gasteiger partial charge in [0.1, 0.15) is 0 Å². The first kappa shape index (κ1) is 16.8. The third kappa shape index (κ3) is 3.88. The highest BCUT2D eigenvalue weighted by atomic mass is 28.4. The normalized spacial score (nSPS) is 11.8. The first-order chi connectivity index (χ1) is 11.7. The number of pyridine rings is 1. The van der Waals surface area contributed by atoms with E-state index in [2.05, 4.69) is 23.2 Å². The van der Waals surface area contributed by atoms with Crippen LogP contribution >= 0.6 is 0 Å². The van der Waals surface area contributed by atoms with Gasteiger partial charge in [0.05, 0.1) is 12.3 Å². The first-order valence-corrected chi connectivity index (χ1v) is 9.80. The number of nitrogens with zero attached hydrogens (tertiary/aromatic N) is 1. The van der Waals surface area contributed by atoms with E-state index in [1.165, 1.54) is 0 Å². The number of rotatable bonds is 7. The summed E-state index contributed by atoms with van der Waals surface area (Å²) in [6.07, 6.45) is 1.87. The number of fused-ring (bicyclic) bond motifs is 1. The molecule has 2 aromatic carbocycles. The molecule has 3 aromatic rings. The molecule has 0 amide bonds. The van der Waals surface area contributed by atoms with Gasteiger partial charge < -0.3 is 13.3 Å². The van der Waals surface area contributed by atoms with E-state index in [0.717, 1.165) is 22.0 Å². The van der Waals surface area contributed by atoms with Crippen LogP contribution in [-0.2, 0) is 25.9 Å². The summed E-state index contributed by atoms with van der Waals surface area (Å²) in [5, 5.41) is 2.27. The van der Waals surface area contributed by atoms with Gasteiger partial charge in [-0.2, -0.15) is 0 Å². The zero-order valence-electron chi connectivity index (χ0n) is 13.9. The SMILES string of the molecule is CO[Si](Cc1ccccc1)(OC)OCc1cc2ccccc2cn1. The van der Waals surface area contributed by atoms with Crippen LogP contribution in [-0.4, -0.2) is 28.0 Å². The average molecular weight is 339 g/mol. The molecule has 4 nitrogen and oxygen atoms in total. The maximum absolute atomic E-state index is 6.10. The molecule has 5 heteroatoms. The van der Waals surface area contributed by atoms with E-state index in [9.17, 15) is 0 Å². The van der Waals surface area contributed by atoms with Crippen LogP contribution in [0.2, 0.25) is 0 Å². The minimum Gasteiger partial charge on any atom is -0.377 e. The molecule has 0 saturated heterocycles. The molecular formula is C19H21NO3Si. The first-order valence-electron chi connectivity index (χ1n) is 7.86. The smallest absolute Gasteiger partial charge is 0.377 e. The Bertz CT molecular complexity index is 791. The van der Waals surface area contributed by atoms with Crippen molar-refractivity contribution >= 4 is 19.6 Å². The van der Waals surface area contributed by atoms with Crippen LogP contribution in [0.5, 0.6) is 0 Å². The largest absolute Gasteiger partial charge is 0.505 e. The van der Waals surface area contributed by atoms with Gasteiger partial charge in [0, 0.05) is 31.8 Å². The minimum atomic E-state index is -2.77. The molecule has 0 aliphatic heterocycles. The van der Waals surface area contributed by atoms with Crippen molar-refractivity contribution in [1.82, 2.24) is 4.98 Å². The summed E-state index contributed by atoms with van der Waals surface area (Å²) in [6, 6.07) is 20.9. The molecule has 0 saturated carbocycles. The lowest BCUT2D eigenvalue weighted by Gasteiger charge is -2.26. The second kappa shape index (κ2) is 7.68. The van der Waals surface area contributed by atoms with E-state index in [1.807, 2.05) is 48.7 Å². The lowest BCUT2D eigenvalue weighted by molar-refractivity contribution is 0.0892. The van der Waals surface area contributed by atoms with Gasteiger partial charge in [-0.1, -0.05) is 54.6 Å². The van der Waals surface area contributed by atoms with Gasteiger partial charge in [0.2, 0.25) is 0 Å². The Hall–Kier alpha value is -2.05. The summed E-state index contributed by atoms with van der Waals surface area (Å²) in [5.41, 5.74) is 2.01. The maximum atomic E-state index is 6.10. The third-order valence-corrected chi connectivity index (χ3v) is 6.68. The summed E-state index contributed by atoms with van der Waals surface area (Å²) >= 11 is 0. The van der Waals surface area contributed by atoms with Gasteiger partial charge in [-0.15, -0.1) is 0 Å². The summed E-state index contributed by atoms with van der Waals surface area (Å²) in [7, 11) is 0.516.